The highest BCUT2D eigenvalue weighted by Gasteiger charge is 2.28. The molecule has 1 N–H and O–H groups in total. The van der Waals surface area contributed by atoms with Crippen molar-refractivity contribution in [1.29, 1.82) is 0 Å². The number of guanidine groups is 1. The number of aromatic nitrogens is 3. The Hall–Kier alpha value is -2.53. The fraction of sp³-hybridized carbons (Fsp3) is 0.318. The molecule has 0 radical (unpaired) electrons. The van der Waals surface area contributed by atoms with Crippen LogP contribution in [0.3, 0.4) is 0 Å². The van der Waals surface area contributed by atoms with Gasteiger partial charge in [0.25, 0.3) is 0 Å². The van der Waals surface area contributed by atoms with Crippen LogP contribution in [0.4, 0.5) is 4.39 Å². The minimum Gasteiger partial charge on any atom is -0.367 e. The van der Waals surface area contributed by atoms with Crippen molar-refractivity contribution in [3.8, 4) is 5.82 Å². The molecule has 2 atom stereocenters. The van der Waals surface area contributed by atoms with Crippen molar-refractivity contribution in [2.75, 3.05) is 20.1 Å². The molecule has 0 aliphatic carbocycles. The van der Waals surface area contributed by atoms with Crippen LogP contribution in [0.15, 0.2) is 66.0 Å². The van der Waals surface area contributed by atoms with Crippen molar-refractivity contribution in [2.45, 2.75) is 25.7 Å². The molecule has 7 nitrogen and oxygen atoms in total. The first-order valence-corrected chi connectivity index (χ1v) is 9.94. The van der Waals surface area contributed by atoms with E-state index in [0.717, 1.165) is 29.4 Å². The summed E-state index contributed by atoms with van der Waals surface area (Å²) in [5.41, 5.74) is 2.04. The fourth-order valence-electron chi connectivity index (χ4n) is 3.60. The number of nitrogens with one attached hydrogen (secondary N) is 1. The molecule has 0 bridgehead atoms. The molecule has 3 aromatic rings. The summed E-state index contributed by atoms with van der Waals surface area (Å²) in [6.45, 7) is 4.02. The maximum absolute atomic E-state index is 13.3. The predicted molar refractivity (Wildman–Crippen MR) is 128 cm³/mol. The van der Waals surface area contributed by atoms with E-state index < -0.39 is 0 Å². The number of hydrogen-bond acceptors (Lipinski definition) is 4. The molecular formula is C22H26FIN6O. The van der Waals surface area contributed by atoms with Gasteiger partial charge in [-0.25, -0.2) is 14.1 Å². The maximum Gasteiger partial charge on any atom is 0.194 e. The van der Waals surface area contributed by atoms with Crippen LogP contribution >= 0.6 is 24.0 Å². The van der Waals surface area contributed by atoms with E-state index in [2.05, 4.69) is 25.3 Å². The molecule has 2 unspecified atom stereocenters. The van der Waals surface area contributed by atoms with Crippen LogP contribution in [-0.4, -0.2) is 51.9 Å². The van der Waals surface area contributed by atoms with Gasteiger partial charge in [0, 0.05) is 38.7 Å². The van der Waals surface area contributed by atoms with Gasteiger partial charge in [-0.3, -0.25) is 4.99 Å². The molecule has 9 heteroatoms. The highest BCUT2D eigenvalue weighted by molar-refractivity contribution is 14.0. The molecule has 164 valence electrons. The Morgan fingerprint density at radius 3 is 2.74 bits per heavy atom. The fourth-order valence-corrected chi connectivity index (χ4v) is 3.60. The SMILES string of the molecule is CN=C(NCc1ccnc(-n2cccn2)c1)N1CC(C)OC(c2ccc(F)cc2)C1.I. The molecule has 1 aliphatic heterocycles. The van der Waals surface area contributed by atoms with Gasteiger partial charge in [0.2, 0.25) is 0 Å². The van der Waals surface area contributed by atoms with Gasteiger partial charge < -0.3 is 15.0 Å². The van der Waals surface area contributed by atoms with E-state index in [1.54, 1.807) is 36.3 Å². The molecule has 0 saturated carbocycles. The Morgan fingerprint density at radius 2 is 2.03 bits per heavy atom. The third-order valence-electron chi connectivity index (χ3n) is 5.01. The average Bonchev–Trinajstić information content (AvgIpc) is 3.30. The van der Waals surface area contributed by atoms with Gasteiger partial charge in [0.15, 0.2) is 11.8 Å². The highest BCUT2D eigenvalue weighted by Crippen LogP contribution is 2.25. The highest BCUT2D eigenvalue weighted by atomic mass is 127. The summed E-state index contributed by atoms with van der Waals surface area (Å²) < 4.78 is 21.1. The zero-order valence-electron chi connectivity index (χ0n) is 17.5. The van der Waals surface area contributed by atoms with Crippen LogP contribution in [-0.2, 0) is 11.3 Å². The molecule has 0 amide bonds. The summed E-state index contributed by atoms with van der Waals surface area (Å²) in [4.78, 5) is 11.0. The van der Waals surface area contributed by atoms with Crippen LogP contribution in [0.5, 0.6) is 0 Å². The van der Waals surface area contributed by atoms with Crippen molar-refractivity contribution >= 4 is 29.9 Å². The lowest BCUT2D eigenvalue weighted by Gasteiger charge is -2.38. The molecular weight excluding hydrogens is 510 g/mol. The summed E-state index contributed by atoms with van der Waals surface area (Å²) in [5, 5.41) is 7.66. The van der Waals surface area contributed by atoms with E-state index in [4.69, 9.17) is 4.74 Å². The van der Waals surface area contributed by atoms with E-state index in [0.29, 0.717) is 13.1 Å². The number of aliphatic imine (C=N–C) groups is 1. The smallest absolute Gasteiger partial charge is 0.194 e. The number of benzene rings is 1. The standard InChI is InChI=1S/C22H25FN6O.HI/c1-16-14-28(15-20(30-16)18-4-6-19(23)7-5-18)22(24-2)26-13-17-8-10-25-21(12-17)29-11-3-9-27-29;/h3-12,16,20H,13-15H2,1-2H3,(H,24,26);1H. The van der Waals surface area contributed by atoms with Crippen molar-refractivity contribution in [1.82, 2.24) is 25.0 Å². The zero-order valence-corrected chi connectivity index (χ0v) is 19.8. The number of pyridine rings is 1. The van der Waals surface area contributed by atoms with Gasteiger partial charge in [-0.2, -0.15) is 5.10 Å². The van der Waals surface area contributed by atoms with Crippen LogP contribution in [0.2, 0.25) is 0 Å². The normalized spacial score (nSPS) is 19.1. The number of rotatable bonds is 4. The Kier molecular flexibility index (Phi) is 7.97. The minimum absolute atomic E-state index is 0. The summed E-state index contributed by atoms with van der Waals surface area (Å²) in [6.07, 6.45) is 5.26. The monoisotopic (exact) mass is 536 g/mol. The summed E-state index contributed by atoms with van der Waals surface area (Å²) in [5.74, 6) is 1.32. The lowest BCUT2D eigenvalue weighted by atomic mass is 10.1. The molecule has 1 aromatic carbocycles. The van der Waals surface area contributed by atoms with E-state index >= 15 is 0 Å². The Bertz CT molecular complexity index is 996. The average molecular weight is 536 g/mol. The first kappa shape index (κ1) is 23.1. The summed E-state index contributed by atoms with van der Waals surface area (Å²) in [6, 6.07) is 12.3. The molecule has 3 heterocycles. The third-order valence-corrected chi connectivity index (χ3v) is 5.01. The molecule has 1 aliphatic rings. The van der Waals surface area contributed by atoms with Gasteiger partial charge in [-0.15, -0.1) is 24.0 Å². The van der Waals surface area contributed by atoms with E-state index in [1.165, 1.54) is 12.1 Å². The zero-order chi connectivity index (χ0) is 20.9. The third kappa shape index (κ3) is 5.79. The first-order chi connectivity index (χ1) is 14.6. The van der Waals surface area contributed by atoms with Crippen LogP contribution in [0.25, 0.3) is 5.82 Å². The second-order valence-electron chi connectivity index (χ2n) is 7.27. The second kappa shape index (κ2) is 10.7. The summed E-state index contributed by atoms with van der Waals surface area (Å²) in [7, 11) is 1.77. The number of hydrogen-bond donors (Lipinski definition) is 1. The minimum atomic E-state index is -0.247. The molecule has 0 spiro atoms. The van der Waals surface area contributed by atoms with Crippen molar-refractivity contribution in [2.24, 2.45) is 4.99 Å². The van der Waals surface area contributed by atoms with Crippen molar-refractivity contribution < 1.29 is 9.13 Å². The number of halogens is 2. The van der Waals surface area contributed by atoms with Crippen LogP contribution < -0.4 is 5.32 Å². The van der Waals surface area contributed by atoms with Gasteiger partial charge in [-0.05, 0) is 48.4 Å². The first-order valence-electron chi connectivity index (χ1n) is 9.94. The molecule has 2 aromatic heterocycles. The van der Waals surface area contributed by atoms with Crippen LogP contribution in [0, 0.1) is 5.82 Å². The molecule has 1 saturated heterocycles. The summed E-state index contributed by atoms with van der Waals surface area (Å²) >= 11 is 0. The predicted octanol–water partition coefficient (Wildman–Crippen LogP) is 3.56. The largest absolute Gasteiger partial charge is 0.367 e. The van der Waals surface area contributed by atoms with E-state index in [1.807, 2.05) is 31.3 Å². The molecule has 1 fully saturated rings. The Morgan fingerprint density at radius 1 is 1.23 bits per heavy atom. The number of ether oxygens (including phenoxy) is 1. The van der Waals surface area contributed by atoms with Crippen molar-refractivity contribution in [3.63, 3.8) is 0 Å². The number of morpholine rings is 1. The van der Waals surface area contributed by atoms with Gasteiger partial charge in [-0.1, -0.05) is 12.1 Å². The van der Waals surface area contributed by atoms with E-state index in [9.17, 15) is 4.39 Å². The Balaban J connectivity index is 0.00000272. The second-order valence-corrected chi connectivity index (χ2v) is 7.27. The van der Waals surface area contributed by atoms with Crippen molar-refractivity contribution in [3.05, 3.63) is 78.0 Å². The van der Waals surface area contributed by atoms with Gasteiger partial charge in [0.05, 0.1) is 12.6 Å². The molecule has 4 rings (SSSR count). The number of nitrogens with zero attached hydrogens (tertiary/aromatic N) is 5. The quantitative estimate of drug-likeness (QED) is 0.314. The lowest BCUT2D eigenvalue weighted by molar-refractivity contribution is -0.0605. The van der Waals surface area contributed by atoms with Gasteiger partial charge in [0.1, 0.15) is 11.9 Å². The Labute approximate surface area is 198 Å². The van der Waals surface area contributed by atoms with Crippen LogP contribution in [0.1, 0.15) is 24.2 Å². The topological polar surface area (TPSA) is 67.6 Å². The van der Waals surface area contributed by atoms with E-state index in [-0.39, 0.29) is 42.0 Å². The van der Waals surface area contributed by atoms with Gasteiger partial charge >= 0.3 is 0 Å². The lowest BCUT2D eigenvalue weighted by Crippen LogP contribution is -2.50. The molecule has 31 heavy (non-hydrogen) atoms. The maximum atomic E-state index is 13.3.